The predicted molar refractivity (Wildman–Crippen MR) is 84.6 cm³/mol. The van der Waals surface area contributed by atoms with Crippen molar-refractivity contribution in [2.24, 2.45) is 16.5 Å². The summed E-state index contributed by atoms with van der Waals surface area (Å²) in [5.41, 5.74) is 7.96. The smallest absolute Gasteiger partial charge is 0.370 e. The number of aliphatic imine (C=N–C) groups is 1. The Morgan fingerprint density at radius 3 is 2.11 bits per heavy atom. The first-order valence-corrected chi connectivity index (χ1v) is 7.68. The number of alkyl halides is 6. The minimum Gasteiger partial charge on any atom is -0.370 e. The maximum Gasteiger partial charge on any atom is 0.416 e. The number of rotatable bonds is 6. The number of hydrogen-bond acceptors (Lipinski definition) is 3. The fourth-order valence-electron chi connectivity index (χ4n) is 2.30. The van der Waals surface area contributed by atoms with Gasteiger partial charge in [0.1, 0.15) is 0 Å². The first-order valence-electron chi connectivity index (χ1n) is 7.68. The zero-order valence-corrected chi connectivity index (χ0v) is 13.8. The van der Waals surface area contributed by atoms with Crippen molar-refractivity contribution in [2.75, 3.05) is 6.54 Å². The molecular weight excluding hydrogens is 378 g/mol. The lowest BCUT2D eigenvalue weighted by atomic mass is 10.0. The van der Waals surface area contributed by atoms with Gasteiger partial charge in [0.15, 0.2) is 5.96 Å². The SMILES string of the molecule is NC(N)=NCCCc1cn(Cc2cc(C(F)(F)F)cc(C(F)(F)F)c2)nn1. The molecule has 0 bridgehead atoms. The van der Waals surface area contributed by atoms with Gasteiger partial charge in [-0.3, -0.25) is 4.99 Å². The molecule has 0 saturated carbocycles. The molecule has 0 radical (unpaired) electrons. The van der Waals surface area contributed by atoms with Crippen molar-refractivity contribution >= 4 is 5.96 Å². The van der Waals surface area contributed by atoms with Crippen LogP contribution in [0.3, 0.4) is 0 Å². The normalized spacial score (nSPS) is 12.2. The molecule has 148 valence electrons. The average molecular weight is 394 g/mol. The van der Waals surface area contributed by atoms with Crippen molar-refractivity contribution in [1.82, 2.24) is 15.0 Å². The number of aryl methyl sites for hydroxylation is 1. The molecule has 0 aliphatic heterocycles. The Morgan fingerprint density at radius 1 is 1.00 bits per heavy atom. The molecule has 0 aliphatic rings. The van der Waals surface area contributed by atoms with E-state index in [-0.39, 0.29) is 24.1 Å². The van der Waals surface area contributed by atoms with Crippen molar-refractivity contribution in [1.29, 1.82) is 0 Å². The Labute approximate surface area is 149 Å². The van der Waals surface area contributed by atoms with E-state index < -0.39 is 23.5 Å². The second kappa shape index (κ2) is 7.84. The van der Waals surface area contributed by atoms with Crippen molar-refractivity contribution in [3.8, 4) is 0 Å². The van der Waals surface area contributed by atoms with Crippen LogP contribution in [0.25, 0.3) is 0 Å². The largest absolute Gasteiger partial charge is 0.416 e. The first-order chi connectivity index (χ1) is 12.4. The van der Waals surface area contributed by atoms with Gasteiger partial charge in [-0.15, -0.1) is 5.10 Å². The van der Waals surface area contributed by atoms with Gasteiger partial charge < -0.3 is 11.5 Å². The lowest BCUT2D eigenvalue weighted by Gasteiger charge is -2.14. The maximum absolute atomic E-state index is 12.9. The van der Waals surface area contributed by atoms with Crippen LogP contribution >= 0.6 is 0 Å². The lowest BCUT2D eigenvalue weighted by molar-refractivity contribution is -0.143. The van der Waals surface area contributed by atoms with Gasteiger partial charge in [0.25, 0.3) is 0 Å². The zero-order chi connectivity index (χ0) is 20.2. The third-order valence-electron chi connectivity index (χ3n) is 3.46. The number of hydrogen-bond donors (Lipinski definition) is 2. The molecule has 2 aromatic rings. The summed E-state index contributed by atoms with van der Waals surface area (Å²) in [5.74, 6) is -0.0522. The van der Waals surface area contributed by atoms with Gasteiger partial charge >= 0.3 is 12.4 Å². The Hall–Kier alpha value is -2.79. The number of nitrogens with two attached hydrogens (primary N) is 2. The Kier molecular flexibility index (Phi) is 5.96. The highest BCUT2D eigenvalue weighted by molar-refractivity contribution is 5.75. The van der Waals surface area contributed by atoms with E-state index in [4.69, 9.17) is 11.5 Å². The molecule has 0 fully saturated rings. The molecule has 12 heteroatoms. The zero-order valence-electron chi connectivity index (χ0n) is 13.8. The van der Waals surface area contributed by atoms with E-state index in [9.17, 15) is 26.3 Å². The average Bonchev–Trinajstić information content (AvgIpc) is 2.97. The summed E-state index contributed by atoms with van der Waals surface area (Å²) in [4.78, 5) is 3.78. The Morgan fingerprint density at radius 2 is 1.59 bits per heavy atom. The van der Waals surface area contributed by atoms with Gasteiger partial charge in [0.2, 0.25) is 0 Å². The van der Waals surface area contributed by atoms with E-state index in [0.717, 1.165) is 0 Å². The molecule has 0 atom stereocenters. The molecule has 0 saturated heterocycles. The van der Waals surface area contributed by atoms with Crippen molar-refractivity contribution in [3.05, 3.63) is 46.8 Å². The molecule has 4 N–H and O–H groups in total. The quantitative estimate of drug-likeness (QED) is 0.341. The van der Waals surface area contributed by atoms with Crippen LogP contribution in [0.2, 0.25) is 0 Å². The summed E-state index contributed by atoms with van der Waals surface area (Å²) in [5, 5.41) is 7.56. The topological polar surface area (TPSA) is 95.1 Å². The summed E-state index contributed by atoms with van der Waals surface area (Å²) in [7, 11) is 0. The van der Waals surface area contributed by atoms with Crippen molar-refractivity contribution in [3.63, 3.8) is 0 Å². The van der Waals surface area contributed by atoms with Gasteiger partial charge in [-0.2, -0.15) is 26.3 Å². The minimum atomic E-state index is -4.89. The molecular formula is C15H16F6N6. The standard InChI is InChI=1S/C15H16F6N6/c16-14(17,18)10-4-9(5-11(6-10)15(19,20)21)7-27-8-12(25-26-27)2-1-3-24-13(22)23/h4-6,8H,1-3,7H2,(H4,22,23,24). The fraction of sp³-hybridized carbons (Fsp3) is 0.400. The van der Waals surface area contributed by atoms with Crippen LogP contribution in [0.5, 0.6) is 0 Å². The van der Waals surface area contributed by atoms with Crippen molar-refractivity contribution in [2.45, 2.75) is 31.7 Å². The molecule has 1 aromatic heterocycles. The van der Waals surface area contributed by atoms with Gasteiger partial charge in [-0.05, 0) is 36.6 Å². The summed E-state index contributed by atoms with van der Waals surface area (Å²) in [6.45, 7) is 0.0751. The summed E-state index contributed by atoms with van der Waals surface area (Å²) >= 11 is 0. The fourth-order valence-corrected chi connectivity index (χ4v) is 2.30. The minimum absolute atomic E-state index is 0.0522. The first kappa shape index (κ1) is 20.5. The Balaban J connectivity index is 2.16. The van der Waals surface area contributed by atoms with Gasteiger partial charge in [0, 0.05) is 12.7 Å². The molecule has 6 nitrogen and oxygen atoms in total. The maximum atomic E-state index is 12.9. The monoisotopic (exact) mass is 394 g/mol. The summed E-state index contributed by atoms with van der Waals surface area (Å²) in [6, 6.07) is 1.41. The van der Waals surface area contributed by atoms with Gasteiger partial charge in [-0.1, -0.05) is 5.21 Å². The van der Waals surface area contributed by atoms with Crippen molar-refractivity contribution < 1.29 is 26.3 Å². The van der Waals surface area contributed by atoms with E-state index in [1.165, 1.54) is 10.9 Å². The van der Waals surface area contributed by atoms with Crippen LogP contribution < -0.4 is 11.5 Å². The highest BCUT2D eigenvalue weighted by Gasteiger charge is 2.36. The van der Waals surface area contributed by atoms with E-state index in [0.29, 0.717) is 37.2 Å². The van der Waals surface area contributed by atoms with Crippen LogP contribution in [0, 0.1) is 0 Å². The lowest BCUT2D eigenvalue weighted by Crippen LogP contribution is -2.23. The molecule has 27 heavy (non-hydrogen) atoms. The van der Waals surface area contributed by atoms with E-state index >= 15 is 0 Å². The highest BCUT2D eigenvalue weighted by atomic mass is 19.4. The summed E-state index contributed by atoms with van der Waals surface area (Å²) in [6.07, 6.45) is -7.33. The third kappa shape index (κ3) is 6.15. The summed E-state index contributed by atoms with van der Waals surface area (Å²) < 4.78 is 78.4. The number of nitrogens with zero attached hydrogens (tertiary/aromatic N) is 4. The highest BCUT2D eigenvalue weighted by Crippen LogP contribution is 2.36. The van der Waals surface area contributed by atoms with Crippen LogP contribution in [-0.2, 0) is 25.3 Å². The van der Waals surface area contributed by atoms with E-state index in [2.05, 4.69) is 15.3 Å². The molecule has 0 amide bonds. The molecule has 0 aliphatic carbocycles. The molecule has 2 rings (SSSR count). The van der Waals surface area contributed by atoms with Crippen LogP contribution in [0.15, 0.2) is 29.4 Å². The Bertz CT molecular complexity index is 772. The number of halogens is 6. The van der Waals surface area contributed by atoms with E-state index in [1.807, 2.05) is 0 Å². The van der Waals surface area contributed by atoms with Crippen LogP contribution in [0.1, 0.15) is 28.8 Å². The molecule has 0 spiro atoms. The van der Waals surface area contributed by atoms with Gasteiger partial charge in [-0.25, -0.2) is 4.68 Å². The predicted octanol–water partition coefficient (Wildman–Crippen LogP) is 2.57. The number of benzene rings is 1. The third-order valence-corrected chi connectivity index (χ3v) is 3.46. The second-order valence-electron chi connectivity index (χ2n) is 5.73. The number of guanidine groups is 1. The number of aromatic nitrogens is 3. The van der Waals surface area contributed by atoms with Crippen LogP contribution in [0.4, 0.5) is 26.3 Å². The van der Waals surface area contributed by atoms with Crippen LogP contribution in [-0.4, -0.2) is 27.5 Å². The molecule has 0 unspecified atom stereocenters. The second-order valence-corrected chi connectivity index (χ2v) is 5.73. The van der Waals surface area contributed by atoms with Gasteiger partial charge in [0.05, 0.1) is 23.4 Å². The molecule has 1 aromatic carbocycles. The molecule has 1 heterocycles. The van der Waals surface area contributed by atoms with E-state index in [1.54, 1.807) is 0 Å².